The lowest BCUT2D eigenvalue weighted by Gasteiger charge is -2.30. The molecule has 1 aromatic rings. The molecular weight excluding hydrogens is 274 g/mol. The van der Waals surface area contributed by atoms with Gasteiger partial charge in [-0.25, -0.2) is 0 Å². The van der Waals surface area contributed by atoms with Crippen LogP contribution in [0.2, 0.25) is 0 Å². The summed E-state index contributed by atoms with van der Waals surface area (Å²) in [7, 11) is 0. The van der Waals surface area contributed by atoms with Crippen molar-refractivity contribution in [3.8, 4) is 0 Å². The van der Waals surface area contributed by atoms with E-state index in [-0.39, 0.29) is 11.6 Å². The summed E-state index contributed by atoms with van der Waals surface area (Å²) in [5.41, 5.74) is 8.56. The van der Waals surface area contributed by atoms with Crippen molar-refractivity contribution in [2.45, 2.75) is 57.8 Å². The molecule has 1 aromatic carbocycles. The van der Waals surface area contributed by atoms with Crippen LogP contribution < -0.4 is 11.1 Å². The highest BCUT2D eigenvalue weighted by atomic mass is 16.1. The average molecular weight is 303 g/mol. The first kappa shape index (κ1) is 17.1. The predicted octanol–water partition coefficient (Wildman–Crippen LogP) is 2.24. The van der Waals surface area contributed by atoms with Crippen LogP contribution in [0.4, 0.5) is 0 Å². The largest absolute Gasteiger partial charge is 0.320 e. The zero-order valence-electron chi connectivity index (χ0n) is 14.0. The van der Waals surface area contributed by atoms with Crippen LogP contribution in [0.25, 0.3) is 0 Å². The third-order valence-electron chi connectivity index (χ3n) is 4.20. The lowest BCUT2D eigenvalue weighted by Crippen LogP contribution is -2.40. The molecule has 1 fully saturated rings. The van der Waals surface area contributed by atoms with Crippen molar-refractivity contribution in [3.05, 3.63) is 35.4 Å². The molecule has 1 aliphatic rings. The molecule has 4 nitrogen and oxygen atoms in total. The molecule has 0 amide bonds. The van der Waals surface area contributed by atoms with Crippen molar-refractivity contribution in [2.75, 3.05) is 13.1 Å². The first-order valence-corrected chi connectivity index (χ1v) is 8.19. The number of nitrogens with one attached hydrogen (secondary N) is 1. The molecule has 0 aliphatic carbocycles. The molecular formula is C18H29N3O. The molecule has 0 saturated carbocycles. The Kier molecular flexibility index (Phi) is 5.73. The van der Waals surface area contributed by atoms with Gasteiger partial charge in [0.15, 0.2) is 0 Å². The monoisotopic (exact) mass is 303 g/mol. The van der Waals surface area contributed by atoms with E-state index >= 15 is 0 Å². The van der Waals surface area contributed by atoms with Crippen LogP contribution >= 0.6 is 0 Å². The topological polar surface area (TPSA) is 58.4 Å². The Bertz CT molecular complexity index is 472. The number of nitrogens with two attached hydrogens (primary N) is 1. The van der Waals surface area contributed by atoms with Crippen molar-refractivity contribution in [1.82, 2.24) is 10.2 Å². The number of carbonyl (C=O) groups excluding carboxylic acids is 1. The zero-order chi connectivity index (χ0) is 16.2. The molecule has 122 valence electrons. The Morgan fingerprint density at radius 1 is 1.23 bits per heavy atom. The Morgan fingerprint density at radius 2 is 1.82 bits per heavy atom. The molecule has 0 spiro atoms. The fraction of sp³-hybridized carbons (Fsp3) is 0.611. The maximum absolute atomic E-state index is 11.2. The van der Waals surface area contributed by atoms with E-state index in [1.807, 2.05) is 0 Å². The van der Waals surface area contributed by atoms with Gasteiger partial charge in [-0.2, -0.15) is 0 Å². The highest BCUT2D eigenvalue weighted by Gasteiger charge is 2.28. The van der Waals surface area contributed by atoms with Crippen molar-refractivity contribution >= 4 is 6.29 Å². The Morgan fingerprint density at radius 3 is 2.32 bits per heavy atom. The van der Waals surface area contributed by atoms with E-state index in [0.717, 1.165) is 31.5 Å². The number of aldehydes is 1. The minimum Gasteiger partial charge on any atom is -0.320 e. The number of benzene rings is 1. The van der Waals surface area contributed by atoms with Crippen LogP contribution in [0.3, 0.4) is 0 Å². The lowest BCUT2D eigenvalue weighted by atomic mass is 9.97. The Balaban J connectivity index is 2.10. The summed E-state index contributed by atoms with van der Waals surface area (Å²) >= 11 is 0. The van der Waals surface area contributed by atoms with E-state index in [0.29, 0.717) is 0 Å². The van der Waals surface area contributed by atoms with Crippen molar-refractivity contribution < 1.29 is 4.79 Å². The fourth-order valence-electron chi connectivity index (χ4n) is 2.97. The van der Waals surface area contributed by atoms with Gasteiger partial charge in [0.25, 0.3) is 0 Å². The molecule has 1 aliphatic heterocycles. The summed E-state index contributed by atoms with van der Waals surface area (Å²) in [6.07, 6.45) is 3.25. The zero-order valence-corrected chi connectivity index (χ0v) is 14.0. The van der Waals surface area contributed by atoms with Gasteiger partial charge in [0, 0.05) is 12.1 Å². The van der Waals surface area contributed by atoms with E-state index in [1.54, 1.807) is 0 Å². The van der Waals surface area contributed by atoms with Gasteiger partial charge >= 0.3 is 0 Å². The lowest BCUT2D eigenvalue weighted by molar-refractivity contribution is -0.110. The Hall–Kier alpha value is -1.23. The summed E-state index contributed by atoms with van der Waals surface area (Å²) in [5, 5.41) is 3.48. The summed E-state index contributed by atoms with van der Waals surface area (Å²) in [6, 6.07) is 8.04. The number of nitrogens with zero attached hydrogens (tertiary/aromatic N) is 1. The molecule has 4 heteroatoms. The SMILES string of the molecule is CC(C)(C)NCc1ccc(C(C(N)C=O)N2CCCC2)cc1. The van der Waals surface area contributed by atoms with Crippen molar-refractivity contribution in [2.24, 2.45) is 5.73 Å². The average Bonchev–Trinajstić information content (AvgIpc) is 2.99. The maximum atomic E-state index is 11.2. The van der Waals surface area contributed by atoms with E-state index in [4.69, 9.17) is 5.73 Å². The van der Waals surface area contributed by atoms with Gasteiger partial charge in [-0.1, -0.05) is 24.3 Å². The number of rotatable bonds is 6. The normalized spacial score (nSPS) is 19.1. The molecule has 3 N–H and O–H groups in total. The van der Waals surface area contributed by atoms with E-state index < -0.39 is 6.04 Å². The second-order valence-corrected chi connectivity index (χ2v) is 7.25. The smallest absolute Gasteiger partial charge is 0.138 e. The predicted molar refractivity (Wildman–Crippen MR) is 90.6 cm³/mol. The van der Waals surface area contributed by atoms with Gasteiger partial charge in [-0.3, -0.25) is 4.90 Å². The van der Waals surface area contributed by atoms with Crippen molar-refractivity contribution in [3.63, 3.8) is 0 Å². The number of hydrogen-bond acceptors (Lipinski definition) is 4. The summed E-state index contributed by atoms with van der Waals surface area (Å²) in [4.78, 5) is 13.5. The second-order valence-electron chi connectivity index (χ2n) is 7.25. The van der Waals surface area contributed by atoms with Crippen molar-refractivity contribution in [1.29, 1.82) is 0 Å². The van der Waals surface area contributed by atoms with Crippen LogP contribution in [0.15, 0.2) is 24.3 Å². The van der Waals surface area contributed by atoms with Crippen LogP contribution in [0, 0.1) is 0 Å². The summed E-state index contributed by atoms with van der Waals surface area (Å²) in [6.45, 7) is 9.38. The highest BCUT2D eigenvalue weighted by Crippen LogP contribution is 2.27. The van der Waals surface area contributed by atoms with E-state index in [1.165, 1.54) is 18.4 Å². The molecule has 2 atom stereocenters. The van der Waals surface area contributed by atoms with E-state index in [9.17, 15) is 4.79 Å². The number of hydrogen-bond donors (Lipinski definition) is 2. The third-order valence-corrected chi connectivity index (χ3v) is 4.20. The summed E-state index contributed by atoms with van der Waals surface area (Å²) in [5.74, 6) is 0. The third kappa shape index (κ3) is 4.63. The van der Waals surface area contributed by atoms with Gasteiger partial charge in [0.2, 0.25) is 0 Å². The fourth-order valence-corrected chi connectivity index (χ4v) is 2.97. The Labute approximate surface area is 134 Å². The van der Waals surface area contributed by atoms with Gasteiger partial charge in [-0.05, 0) is 57.8 Å². The standard InChI is InChI=1S/C18H29N3O/c1-18(2,3)20-12-14-6-8-15(9-7-14)17(16(19)13-22)21-10-4-5-11-21/h6-9,13,16-17,20H,4-5,10-12,19H2,1-3H3. The number of likely N-dealkylation sites (tertiary alicyclic amines) is 1. The first-order chi connectivity index (χ1) is 10.4. The minimum atomic E-state index is -0.461. The van der Waals surface area contributed by atoms with Gasteiger partial charge < -0.3 is 15.8 Å². The molecule has 0 bridgehead atoms. The van der Waals surface area contributed by atoms with Crippen LogP contribution in [-0.4, -0.2) is 35.9 Å². The van der Waals surface area contributed by atoms with E-state index in [2.05, 4.69) is 55.3 Å². The molecule has 0 aromatic heterocycles. The molecule has 2 unspecified atom stereocenters. The van der Waals surface area contributed by atoms with Gasteiger partial charge in [0.1, 0.15) is 6.29 Å². The minimum absolute atomic E-state index is 0.00428. The molecule has 1 saturated heterocycles. The molecule has 22 heavy (non-hydrogen) atoms. The summed E-state index contributed by atoms with van der Waals surface area (Å²) < 4.78 is 0. The van der Waals surface area contributed by atoms with Crippen LogP contribution in [-0.2, 0) is 11.3 Å². The van der Waals surface area contributed by atoms with Gasteiger partial charge in [-0.15, -0.1) is 0 Å². The highest BCUT2D eigenvalue weighted by molar-refractivity contribution is 5.59. The quantitative estimate of drug-likeness (QED) is 0.791. The molecule has 2 rings (SSSR count). The van der Waals surface area contributed by atoms with Gasteiger partial charge in [0.05, 0.1) is 12.1 Å². The maximum Gasteiger partial charge on any atom is 0.138 e. The molecule has 0 radical (unpaired) electrons. The molecule has 1 heterocycles. The van der Waals surface area contributed by atoms with Crippen LogP contribution in [0.1, 0.15) is 50.8 Å². The van der Waals surface area contributed by atoms with Crippen LogP contribution in [0.5, 0.6) is 0 Å². The number of carbonyl (C=O) groups is 1. The first-order valence-electron chi connectivity index (χ1n) is 8.19. The second kappa shape index (κ2) is 7.36.